The normalized spacial score (nSPS) is 10.5. The van der Waals surface area contributed by atoms with E-state index in [4.69, 9.17) is 11.0 Å². The van der Waals surface area contributed by atoms with E-state index in [1.165, 1.54) is 0 Å². The molecule has 3 N–H and O–H groups in total. The van der Waals surface area contributed by atoms with Crippen molar-refractivity contribution in [2.75, 3.05) is 5.43 Å². The van der Waals surface area contributed by atoms with Gasteiger partial charge in [-0.2, -0.15) is 10.4 Å². The zero-order chi connectivity index (χ0) is 11.3. The summed E-state index contributed by atoms with van der Waals surface area (Å²) < 4.78 is 0. The van der Waals surface area contributed by atoms with E-state index < -0.39 is 0 Å². The fourth-order valence-electron chi connectivity index (χ4n) is 0.884. The molecule has 0 aliphatic carbocycles. The van der Waals surface area contributed by atoms with Gasteiger partial charge >= 0.3 is 0 Å². The molecule has 0 amide bonds. The van der Waals surface area contributed by atoms with Crippen molar-refractivity contribution in [3.8, 4) is 6.07 Å². The van der Waals surface area contributed by atoms with E-state index in [2.05, 4.69) is 22.7 Å². The Labute approximate surface area is 93.4 Å². The summed E-state index contributed by atoms with van der Waals surface area (Å²) in [6.45, 7) is 1.99. The number of nitrogens with zero attached hydrogens (tertiary/aromatic N) is 2. The Morgan fingerprint density at radius 1 is 1.47 bits per heavy atom. The van der Waals surface area contributed by atoms with Crippen LogP contribution in [0.3, 0.4) is 0 Å². The predicted octanol–water partition coefficient (Wildman–Crippen LogP) is 1.57. The number of hydrogen-bond acceptors (Lipinski definition) is 4. The van der Waals surface area contributed by atoms with E-state index in [0.29, 0.717) is 0 Å². The zero-order valence-corrected chi connectivity index (χ0v) is 9.01. The fraction of sp³-hybridized carbons (Fsp3) is 0.100. The predicted molar refractivity (Wildman–Crippen MR) is 64.6 cm³/mol. The first-order valence-electron chi connectivity index (χ1n) is 4.23. The number of thiocarbonyl (C=S) groups is 1. The van der Waals surface area contributed by atoms with Crippen molar-refractivity contribution >= 4 is 28.6 Å². The molecule has 4 nitrogen and oxygen atoms in total. The molecule has 0 saturated carbocycles. The molecule has 0 bridgehead atoms. The van der Waals surface area contributed by atoms with Gasteiger partial charge in [-0.15, -0.1) is 0 Å². The minimum Gasteiger partial charge on any atom is -0.387 e. The number of anilines is 1. The lowest BCUT2D eigenvalue weighted by atomic mass is 10.2. The van der Waals surface area contributed by atoms with Crippen molar-refractivity contribution in [2.24, 2.45) is 10.8 Å². The minimum atomic E-state index is -0.0166. The molecule has 76 valence electrons. The quantitative estimate of drug-likeness (QED) is 0.459. The number of benzene rings is 1. The fourth-order valence-corrected chi connectivity index (χ4v) is 0.975. The highest BCUT2D eigenvalue weighted by Crippen LogP contribution is 2.08. The molecule has 1 aromatic carbocycles. The van der Waals surface area contributed by atoms with Crippen LogP contribution >= 0.6 is 12.2 Å². The highest BCUT2D eigenvalue weighted by Gasteiger charge is 1.99. The lowest BCUT2D eigenvalue weighted by Gasteiger charge is -2.00. The Morgan fingerprint density at radius 3 is 2.53 bits per heavy atom. The summed E-state index contributed by atoms with van der Waals surface area (Å²) in [5, 5.41) is 12.4. The second-order valence-corrected chi connectivity index (χ2v) is 3.35. The van der Waals surface area contributed by atoms with Gasteiger partial charge in [0, 0.05) is 0 Å². The van der Waals surface area contributed by atoms with Crippen LogP contribution in [0.5, 0.6) is 0 Å². The Bertz CT molecular complexity index is 428. The molecule has 0 aromatic heterocycles. The molecular weight excluding hydrogens is 208 g/mol. The molecule has 1 rings (SSSR count). The molecule has 1 aromatic rings. The lowest BCUT2D eigenvalue weighted by molar-refractivity contribution is 1.33. The summed E-state index contributed by atoms with van der Waals surface area (Å²) in [5.74, 6) is 0. The summed E-state index contributed by atoms with van der Waals surface area (Å²) in [7, 11) is 0. The number of hydrogen-bond donors (Lipinski definition) is 2. The Balaban J connectivity index is 2.76. The van der Waals surface area contributed by atoms with Crippen LogP contribution in [0.15, 0.2) is 29.4 Å². The van der Waals surface area contributed by atoms with Crippen LogP contribution in [-0.4, -0.2) is 10.7 Å². The van der Waals surface area contributed by atoms with E-state index in [9.17, 15) is 0 Å². The molecule has 0 saturated heterocycles. The Morgan fingerprint density at radius 2 is 2.07 bits per heavy atom. The van der Waals surface area contributed by atoms with Gasteiger partial charge in [-0.05, 0) is 19.1 Å². The van der Waals surface area contributed by atoms with Crippen molar-refractivity contribution in [1.82, 2.24) is 0 Å². The molecular formula is C10H10N4S. The summed E-state index contributed by atoms with van der Waals surface area (Å²) >= 11 is 4.64. The summed E-state index contributed by atoms with van der Waals surface area (Å²) in [5.41, 5.74) is 9.93. The number of hydrazone groups is 1. The van der Waals surface area contributed by atoms with Crippen LogP contribution < -0.4 is 11.2 Å². The average molecular weight is 218 g/mol. The van der Waals surface area contributed by atoms with Gasteiger partial charge in [0.05, 0.1) is 5.69 Å². The van der Waals surface area contributed by atoms with Gasteiger partial charge in [0.1, 0.15) is 11.1 Å². The maximum atomic E-state index is 8.63. The van der Waals surface area contributed by atoms with Crippen molar-refractivity contribution in [2.45, 2.75) is 6.92 Å². The van der Waals surface area contributed by atoms with E-state index in [-0.39, 0.29) is 10.7 Å². The third-order valence-electron chi connectivity index (χ3n) is 1.69. The first-order valence-corrected chi connectivity index (χ1v) is 4.64. The monoisotopic (exact) mass is 218 g/mol. The molecule has 0 spiro atoms. The third-order valence-corrected chi connectivity index (χ3v) is 1.88. The number of rotatable bonds is 3. The largest absolute Gasteiger partial charge is 0.387 e. The topological polar surface area (TPSA) is 74.2 Å². The smallest absolute Gasteiger partial charge is 0.194 e. The maximum Gasteiger partial charge on any atom is 0.194 e. The first-order chi connectivity index (χ1) is 7.13. The van der Waals surface area contributed by atoms with Crippen LogP contribution in [0.25, 0.3) is 0 Å². The summed E-state index contributed by atoms with van der Waals surface area (Å²) in [6.07, 6.45) is 0. The number of nitrogens with one attached hydrogen (secondary N) is 1. The van der Waals surface area contributed by atoms with E-state index in [1.807, 2.05) is 31.2 Å². The van der Waals surface area contributed by atoms with Gasteiger partial charge in [-0.1, -0.05) is 29.9 Å². The Hall–Kier alpha value is -1.93. The van der Waals surface area contributed by atoms with Crippen molar-refractivity contribution in [3.63, 3.8) is 0 Å². The highest BCUT2D eigenvalue weighted by molar-refractivity contribution is 7.82. The van der Waals surface area contributed by atoms with Gasteiger partial charge in [-0.25, -0.2) is 0 Å². The van der Waals surface area contributed by atoms with Crippen molar-refractivity contribution < 1.29 is 0 Å². The van der Waals surface area contributed by atoms with Crippen LogP contribution in [0.1, 0.15) is 5.56 Å². The van der Waals surface area contributed by atoms with E-state index in [1.54, 1.807) is 6.07 Å². The number of aryl methyl sites for hydroxylation is 1. The molecule has 0 aliphatic heterocycles. The number of nitriles is 1. The molecule has 0 atom stereocenters. The van der Waals surface area contributed by atoms with Gasteiger partial charge in [0.25, 0.3) is 0 Å². The van der Waals surface area contributed by atoms with Gasteiger partial charge in [0.15, 0.2) is 5.71 Å². The van der Waals surface area contributed by atoms with Crippen molar-refractivity contribution in [3.05, 3.63) is 29.8 Å². The standard InChI is InChI=1S/C10H10N4S/c1-7-2-4-8(5-3-7)13-14-9(6-11)10(12)15/h2-5,13H,1H3,(H2,12,15). The molecule has 0 radical (unpaired) electrons. The summed E-state index contributed by atoms with van der Waals surface area (Å²) in [6, 6.07) is 9.38. The second kappa shape index (κ2) is 5.08. The molecule has 0 fully saturated rings. The zero-order valence-electron chi connectivity index (χ0n) is 8.19. The Kier molecular flexibility index (Phi) is 3.77. The van der Waals surface area contributed by atoms with Gasteiger partial charge in [-0.3, -0.25) is 5.43 Å². The van der Waals surface area contributed by atoms with Crippen LogP contribution in [0.2, 0.25) is 0 Å². The first kappa shape index (κ1) is 11.1. The summed E-state index contributed by atoms with van der Waals surface area (Å²) in [4.78, 5) is -0.0166. The number of nitrogens with two attached hydrogens (primary N) is 1. The minimum absolute atomic E-state index is 0.0166. The lowest BCUT2D eigenvalue weighted by Crippen LogP contribution is -2.20. The van der Waals surface area contributed by atoms with Crippen LogP contribution in [0.4, 0.5) is 5.69 Å². The third kappa shape index (κ3) is 3.37. The van der Waals surface area contributed by atoms with E-state index in [0.717, 1.165) is 11.3 Å². The highest BCUT2D eigenvalue weighted by atomic mass is 32.1. The van der Waals surface area contributed by atoms with Crippen LogP contribution in [0, 0.1) is 18.3 Å². The maximum absolute atomic E-state index is 8.63. The molecule has 0 aliphatic rings. The van der Waals surface area contributed by atoms with Crippen LogP contribution in [-0.2, 0) is 0 Å². The van der Waals surface area contributed by atoms with E-state index >= 15 is 0 Å². The molecule has 0 unspecified atom stereocenters. The van der Waals surface area contributed by atoms with Gasteiger partial charge < -0.3 is 5.73 Å². The molecule has 15 heavy (non-hydrogen) atoms. The molecule has 5 heteroatoms. The molecule has 0 heterocycles. The van der Waals surface area contributed by atoms with Crippen molar-refractivity contribution in [1.29, 1.82) is 5.26 Å². The average Bonchev–Trinajstić information content (AvgIpc) is 2.21. The second-order valence-electron chi connectivity index (χ2n) is 2.91. The van der Waals surface area contributed by atoms with Gasteiger partial charge in [0.2, 0.25) is 0 Å². The SMILES string of the molecule is Cc1ccc(NN=C(C#N)C(N)=S)cc1.